The second-order valence-corrected chi connectivity index (χ2v) is 8.40. The first-order chi connectivity index (χ1) is 15.8. The average molecular weight is 447 g/mol. The zero-order valence-electron chi connectivity index (χ0n) is 19.8. The molecule has 0 bridgehead atoms. The van der Waals surface area contributed by atoms with Crippen molar-refractivity contribution in [2.75, 3.05) is 44.6 Å². The van der Waals surface area contributed by atoms with Crippen molar-refractivity contribution in [3.63, 3.8) is 0 Å². The zero-order valence-corrected chi connectivity index (χ0v) is 19.8. The fraction of sp³-hybridized carbons (Fsp3) is 0.308. The normalized spacial score (nSPS) is 13.2. The van der Waals surface area contributed by atoms with Crippen molar-refractivity contribution < 1.29 is 14.3 Å². The lowest BCUT2D eigenvalue weighted by atomic mass is 10.0. The molecule has 3 aromatic rings. The Morgan fingerprint density at radius 2 is 1.70 bits per heavy atom. The van der Waals surface area contributed by atoms with Crippen LogP contribution in [0.15, 0.2) is 54.7 Å². The molecule has 7 nitrogen and oxygen atoms in total. The molecule has 4 rings (SSSR count). The lowest BCUT2D eigenvalue weighted by molar-refractivity contribution is 0.0827. The first-order valence-corrected chi connectivity index (χ1v) is 11.0. The van der Waals surface area contributed by atoms with Gasteiger partial charge >= 0.3 is 0 Å². The Kier molecular flexibility index (Phi) is 6.40. The molecule has 1 aliphatic heterocycles. The summed E-state index contributed by atoms with van der Waals surface area (Å²) in [7, 11) is 5.59. The molecule has 0 saturated heterocycles. The molecule has 1 unspecified atom stereocenters. The number of carbonyl (C=O) groups is 1. The van der Waals surface area contributed by atoms with E-state index in [0.29, 0.717) is 18.8 Å². The average Bonchev–Trinajstić information content (AvgIpc) is 2.84. The summed E-state index contributed by atoms with van der Waals surface area (Å²) in [5.41, 5.74) is 4.82. The van der Waals surface area contributed by atoms with E-state index < -0.39 is 0 Å². The highest BCUT2D eigenvalue weighted by Crippen LogP contribution is 2.35. The number of aromatic nitrogens is 1. The maximum atomic E-state index is 12.2. The van der Waals surface area contributed by atoms with Crippen LogP contribution < -0.4 is 19.7 Å². The summed E-state index contributed by atoms with van der Waals surface area (Å²) >= 11 is 0. The van der Waals surface area contributed by atoms with Gasteiger partial charge in [0, 0.05) is 55.9 Å². The Bertz CT molecular complexity index is 1140. The van der Waals surface area contributed by atoms with Crippen LogP contribution in [0.2, 0.25) is 0 Å². The molecule has 1 N–H and O–H groups in total. The van der Waals surface area contributed by atoms with Crippen LogP contribution >= 0.6 is 0 Å². The van der Waals surface area contributed by atoms with Crippen LogP contribution in [0.25, 0.3) is 0 Å². The van der Waals surface area contributed by atoms with Gasteiger partial charge in [0.15, 0.2) is 11.5 Å². The molecule has 0 aliphatic carbocycles. The molecule has 0 radical (unpaired) electrons. The molecular formula is C26H30N4O3. The Morgan fingerprint density at radius 1 is 1.00 bits per heavy atom. The monoisotopic (exact) mass is 446 g/mol. The molecule has 0 saturated carbocycles. The number of nitrogens with zero attached hydrogens (tertiary/aromatic N) is 3. The number of fused-ring (bicyclic) bond motifs is 1. The van der Waals surface area contributed by atoms with E-state index >= 15 is 0 Å². The van der Waals surface area contributed by atoms with E-state index in [2.05, 4.69) is 36.1 Å². The number of rotatable bonds is 6. The van der Waals surface area contributed by atoms with Gasteiger partial charge in [-0.15, -0.1) is 0 Å². The summed E-state index contributed by atoms with van der Waals surface area (Å²) in [5.74, 6) is 2.29. The molecule has 1 aromatic heterocycles. The van der Waals surface area contributed by atoms with Crippen molar-refractivity contribution in [1.29, 1.82) is 0 Å². The topological polar surface area (TPSA) is 66.9 Å². The van der Waals surface area contributed by atoms with Crippen LogP contribution in [0, 0.1) is 6.92 Å². The van der Waals surface area contributed by atoms with Gasteiger partial charge in [0.1, 0.15) is 19.0 Å². The largest absolute Gasteiger partial charge is 0.486 e. The summed E-state index contributed by atoms with van der Waals surface area (Å²) in [6.07, 6.45) is 1.81. The summed E-state index contributed by atoms with van der Waals surface area (Å²) in [5, 5.41) is 3.41. The number of anilines is 3. The van der Waals surface area contributed by atoms with Gasteiger partial charge < -0.3 is 24.6 Å². The van der Waals surface area contributed by atoms with E-state index in [0.717, 1.165) is 39.8 Å². The highest BCUT2D eigenvalue weighted by molar-refractivity contribution is 5.93. The van der Waals surface area contributed by atoms with E-state index in [1.807, 2.05) is 54.7 Å². The lowest BCUT2D eigenvalue weighted by Gasteiger charge is -2.29. The fourth-order valence-corrected chi connectivity index (χ4v) is 3.89. The summed E-state index contributed by atoms with van der Waals surface area (Å²) in [4.78, 5) is 20.5. The van der Waals surface area contributed by atoms with Gasteiger partial charge in [0.05, 0.1) is 6.04 Å². The van der Waals surface area contributed by atoms with Crippen LogP contribution in [0.4, 0.5) is 17.2 Å². The molecule has 0 spiro atoms. The number of amides is 1. The molecule has 0 fully saturated rings. The van der Waals surface area contributed by atoms with E-state index in [4.69, 9.17) is 9.47 Å². The van der Waals surface area contributed by atoms with Gasteiger partial charge in [-0.2, -0.15) is 0 Å². The lowest BCUT2D eigenvalue weighted by Crippen LogP contribution is -2.24. The van der Waals surface area contributed by atoms with Crippen molar-refractivity contribution in [1.82, 2.24) is 9.88 Å². The first kappa shape index (κ1) is 22.5. The molecule has 7 heteroatoms. The van der Waals surface area contributed by atoms with E-state index in [9.17, 15) is 4.79 Å². The number of ether oxygens (including phenoxy) is 2. The van der Waals surface area contributed by atoms with Crippen LogP contribution in [0.5, 0.6) is 11.5 Å². The minimum atomic E-state index is 0.00222. The maximum Gasteiger partial charge on any atom is 0.253 e. The van der Waals surface area contributed by atoms with Crippen molar-refractivity contribution in [3.8, 4) is 11.5 Å². The number of nitrogens with one attached hydrogen (secondary N) is 1. The van der Waals surface area contributed by atoms with Gasteiger partial charge in [0.25, 0.3) is 5.91 Å². The number of carbonyl (C=O) groups excluding carboxylic acids is 1. The third kappa shape index (κ3) is 4.72. The standard InChI is InChI=1S/C26H30N4O3/c1-17-22(30(5)18(2)19-6-8-20(9-7-19)26(31)29(3)4)12-13-27-25(17)28-21-10-11-23-24(16-21)33-15-14-32-23/h6-13,16,18H,14-15H2,1-5H3,(H,27,28). The number of benzene rings is 2. The molecule has 172 valence electrons. The summed E-state index contributed by atoms with van der Waals surface area (Å²) in [6.45, 7) is 5.33. The van der Waals surface area contributed by atoms with Gasteiger partial charge in [-0.1, -0.05) is 12.1 Å². The molecule has 1 amide bonds. The predicted molar refractivity (Wildman–Crippen MR) is 131 cm³/mol. The minimum absolute atomic E-state index is 0.00222. The molecule has 2 aromatic carbocycles. The zero-order chi connectivity index (χ0) is 23.5. The Labute approximate surface area is 195 Å². The van der Waals surface area contributed by atoms with E-state index in [-0.39, 0.29) is 11.9 Å². The first-order valence-electron chi connectivity index (χ1n) is 11.0. The molecule has 33 heavy (non-hydrogen) atoms. The van der Waals surface area contributed by atoms with Crippen LogP contribution in [0.1, 0.15) is 34.5 Å². The van der Waals surface area contributed by atoms with Gasteiger partial charge in [0.2, 0.25) is 0 Å². The molecule has 2 heterocycles. The SMILES string of the molecule is Cc1c(N(C)C(C)c2ccc(C(=O)N(C)C)cc2)ccnc1Nc1ccc2c(c1)OCCO2. The Hall–Kier alpha value is -3.74. The smallest absolute Gasteiger partial charge is 0.253 e. The molecule has 1 aliphatic rings. The van der Waals surface area contributed by atoms with Crippen molar-refractivity contribution in [2.45, 2.75) is 19.9 Å². The van der Waals surface area contributed by atoms with Crippen LogP contribution in [-0.4, -0.2) is 50.1 Å². The van der Waals surface area contributed by atoms with Crippen molar-refractivity contribution in [2.24, 2.45) is 0 Å². The summed E-state index contributed by atoms with van der Waals surface area (Å²) < 4.78 is 11.3. The van der Waals surface area contributed by atoms with Gasteiger partial charge in [-0.3, -0.25) is 4.79 Å². The number of hydrogen-bond acceptors (Lipinski definition) is 6. The van der Waals surface area contributed by atoms with Gasteiger partial charge in [-0.25, -0.2) is 4.98 Å². The van der Waals surface area contributed by atoms with Crippen LogP contribution in [-0.2, 0) is 0 Å². The summed E-state index contributed by atoms with van der Waals surface area (Å²) in [6, 6.07) is 15.7. The van der Waals surface area contributed by atoms with Gasteiger partial charge in [-0.05, 0) is 49.7 Å². The number of pyridine rings is 1. The maximum absolute atomic E-state index is 12.2. The quantitative estimate of drug-likeness (QED) is 0.587. The Balaban J connectivity index is 1.53. The third-order valence-corrected chi connectivity index (χ3v) is 5.99. The molecular weight excluding hydrogens is 416 g/mol. The highest BCUT2D eigenvalue weighted by Gasteiger charge is 2.18. The highest BCUT2D eigenvalue weighted by atomic mass is 16.6. The minimum Gasteiger partial charge on any atom is -0.486 e. The van der Waals surface area contributed by atoms with E-state index in [1.54, 1.807) is 19.0 Å². The van der Waals surface area contributed by atoms with Crippen LogP contribution in [0.3, 0.4) is 0 Å². The third-order valence-electron chi connectivity index (χ3n) is 5.99. The molecule has 1 atom stereocenters. The van der Waals surface area contributed by atoms with E-state index in [1.165, 1.54) is 0 Å². The second kappa shape index (κ2) is 9.40. The fourth-order valence-electron chi connectivity index (χ4n) is 3.89. The van der Waals surface area contributed by atoms with Crippen molar-refractivity contribution >= 4 is 23.1 Å². The number of hydrogen-bond donors (Lipinski definition) is 1. The second-order valence-electron chi connectivity index (χ2n) is 8.40. The Morgan fingerprint density at radius 3 is 2.39 bits per heavy atom. The predicted octanol–water partition coefficient (Wildman–Crippen LogP) is 4.80. The van der Waals surface area contributed by atoms with Crippen molar-refractivity contribution in [3.05, 3.63) is 71.4 Å².